The first-order valence-electron chi connectivity index (χ1n) is 10.3. The molecule has 0 aliphatic rings. The number of amides is 2. The minimum atomic E-state index is -0.486. The van der Waals surface area contributed by atoms with Crippen LogP contribution in [-0.4, -0.2) is 38.7 Å². The molecule has 0 bridgehead atoms. The van der Waals surface area contributed by atoms with Gasteiger partial charge < -0.3 is 18.9 Å². The summed E-state index contributed by atoms with van der Waals surface area (Å²) in [6.07, 6.45) is 0.732. The molecule has 0 aliphatic carbocycles. The molecule has 0 radical (unpaired) electrons. The van der Waals surface area contributed by atoms with Crippen LogP contribution in [0.15, 0.2) is 36.4 Å². The summed E-state index contributed by atoms with van der Waals surface area (Å²) in [5.41, 5.74) is 6.12. The molecule has 0 aliphatic heterocycles. The Balaban J connectivity index is 2.02. The predicted molar refractivity (Wildman–Crippen MR) is 117 cm³/mol. The Labute approximate surface area is 182 Å². The van der Waals surface area contributed by atoms with Gasteiger partial charge in [0.2, 0.25) is 11.7 Å². The molecule has 168 valence electrons. The molecule has 2 aromatic rings. The fourth-order valence-corrected chi connectivity index (χ4v) is 2.87. The van der Waals surface area contributed by atoms with Gasteiger partial charge in [0, 0.05) is 12.0 Å². The van der Waals surface area contributed by atoms with E-state index in [1.807, 2.05) is 45.0 Å². The van der Waals surface area contributed by atoms with Crippen LogP contribution in [0, 0.1) is 0 Å². The van der Waals surface area contributed by atoms with Crippen LogP contribution in [0.5, 0.6) is 23.0 Å². The highest BCUT2D eigenvalue weighted by Crippen LogP contribution is 2.39. The van der Waals surface area contributed by atoms with Crippen LogP contribution in [-0.2, 0) is 11.2 Å². The van der Waals surface area contributed by atoms with E-state index in [1.54, 1.807) is 19.2 Å². The molecule has 8 heteroatoms. The third-order valence-electron chi connectivity index (χ3n) is 4.26. The van der Waals surface area contributed by atoms with Gasteiger partial charge in [0.1, 0.15) is 5.75 Å². The monoisotopic (exact) mass is 430 g/mol. The fourth-order valence-electron chi connectivity index (χ4n) is 2.87. The van der Waals surface area contributed by atoms with Gasteiger partial charge in [-0.05, 0) is 57.0 Å². The normalized spacial score (nSPS) is 10.2. The highest BCUT2D eigenvalue weighted by atomic mass is 16.5. The second-order valence-corrected chi connectivity index (χ2v) is 6.45. The Morgan fingerprint density at radius 1 is 0.871 bits per heavy atom. The van der Waals surface area contributed by atoms with E-state index in [9.17, 15) is 9.59 Å². The summed E-state index contributed by atoms with van der Waals surface area (Å²) in [7, 11) is 1.59. The van der Waals surface area contributed by atoms with Gasteiger partial charge in [-0.3, -0.25) is 20.4 Å². The Bertz CT molecular complexity index is 857. The first-order valence-corrected chi connectivity index (χ1v) is 10.3. The van der Waals surface area contributed by atoms with E-state index in [0.29, 0.717) is 43.5 Å². The van der Waals surface area contributed by atoms with Crippen LogP contribution in [0.4, 0.5) is 0 Å². The maximum absolute atomic E-state index is 12.6. The quantitative estimate of drug-likeness (QED) is 0.531. The van der Waals surface area contributed by atoms with Crippen molar-refractivity contribution in [3.63, 3.8) is 0 Å². The van der Waals surface area contributed by atoms with E-state index in [4.69, 9.17) is 18.9 Å². The summed E-state index contributed by atoms with van der Waals surface area (Å²) >= 11 is 0. The molecular formula is C23H30N2O6. The minimum Gasteiger partial charge on any atom is -0.497 e. The van der Waals surface area contributed by atoms with Crippen molar-refractivity contribution in [2.24, 2.45) is 0 Å². The van der Waals surface area contributed by atoms with Gasteiger partial charge in [0.25, 0.3) is 5.91 Å². The molecule has 0 spiro atoms. The van der Waals surface area contributed by atoms with Crippen LogP contribution >= 0.6 is 0 Å². The van der Waals surface area contributed by atoms with Crippen molar-refractivity contribution in [2.45, 2.75) is 33.6 Å². The maximum atomic E-state index is 12.6. The molecule has 0 saturated heterocycles. The number of carbonyl (C=O) groups is 2. The second-order valence-electron chi connectivity index (χ2n) is 6.45. The van der Waals surface area contributed by atoms with Crippen molar-refractivity contribution in [2.75, 3.05) is 26.9 Å². The summed E-state index contributed by atoms with van der Waals surface area (Å²) in [4.78, 5) is 24.8. The Morgan fingerprint density at radius 3 is 2.10 bits per heavy atom. The number of carbonyl (C=O) groups excluding carboxylic acids is 2. The van der Waals surface area contributed by atoms with E-state index in [2.05, 4.69) is 10.9 Å². The molecule has 2 aromatic carbocycles. The van der Waals surface area contributed by atoms with E-state index >= 15 is 0 Å². The average Bonchev–Trinajstić information content (AvgIpc) is 2.78. The van der Waals surface area contributed by atoms with E-state index in [1.165, 1.54) is 0 Å². The summed E-state index contributed by atoms with van der Waals surface area (Å²) in [6.45, 7) is 6.76. The summed E-state index contributed by atoms with van der Waals surface area (Å²) in [6, 6.07) is 10.6. The van der Waals surface area contributed by atoms with Crippen molar-refractivity contribution in [1.82, 2.24) is 10.9 Å². The number of nitrogens with one attached hydrogen (secondary N) is 2. The highest BCUT2D eigenvalue weighted by molar-refractivity contribution is 5.96. The molecule has 2 rings (SSSR count). The zero-order valence-electron chi connectivity index (χ0n) is 18.4. The first-order chi connectivity index (χ1) is 15.0. The zero-order chi connectivity index (χ0) is 22.6. The number of ether oxygens (including phenoxy) is 4. The first kappa shape index (κ1) is 23.9. The molecule has 0 aromatic heterocycles. The third-order valence-corrected chi connectivity index (χ3v) is 4.26. The summed E-state index contributed by atoms with van der Waals surface area (Å²) < 4.78 is 22.1. The Hall–Kier alpha value is -3.42. The van der Waals surface area contributed by atoms with Gasteiger partial charge in [-0.25, -0.2) is 0 Å². The second kappa shape index (κ2) is 12.3. The lowest BCUT2D eigenvalue weighted by Gasteiger charge is -2.17. The van der Waals surface area contributed by atoms with E-state index in [-0.39, 0.29) is 17.9 Å². The van der Waals surface area contributed by atoms with Crippen LogP contribution in [0.3, 0.4) is 0 Å². The molecular weight excluding hydrogens is 400 g/mol. The number of aryl methyl sites for hydroxylation is 1. The van der Waals surface area contributed by atoms with Crippen molar-refractivity contribution >= 4 is 11.8 Å². The lowest BCUT2D eigenvalue weighted by Crippen LogP contribution is -2.41. The largest absolute Gasteiger partial charge is 0.497 e. The topological polar surface area (TPSA) is 95.1 Å². The van der Waals surface area contributed by atoms with Crippen molar-refractivity contribution in [3.8, 4) is 23.0 Å². The lowest BCUT2D eigenvalue weighted by molar-refractivity contribution is -0.121. The van der Waals surface area contributed by atoms with Gasteiger partial charge in [-0.15, -0.1) is 0 Å². The predicted octanol–water partition coefficient (Wildman–Crippen LogP) is 3.29. The molecule has 2 N–H and O–H groups in total. The summed E-state index contributed by atoms with van der Waals surface area (Å²) in [5.74, 6) is 1.20. The number of rotatable bonds is 11. The number of benzene rings is 2. The van der Waals surface area contributed by atoms with Crippen molar-refractivity contribution in [3.05, 3.63) is 47.5 Å². The lowest BCUT2D eigenvalue weighted by atomic mass is 10.1. The van der Waals surface area contributed by atoms with Crippen LogP contribution in [0.1, 0.15) is 43.1 Å². The molecule has 0 atom stereocenters. The van der Waals surface area contributed by atoms with Gasteiger partial charge in [0.05, 0.1) is 26.9 Å². The SMILES string of the molecule is CCOc1cc(C(=O)NNC(=O)CCc2cccc(OC)c2)cc(OCC)c1OCC. The molecule has 0 saturated carbocycles. The fraction of sp³-hybridized carbons (Fsp3) is 0.391. The smallest absolute Gasteiger partial charge is 0.269 e. The molecule has 8 nitrogen and oxygen atoms in total. The third kappa shape index (κ3) is 7.09. The average molecular weight is 431 g/mol. The zero-order valence-corrected chi connectivity index (χ0v) is 18.4. The van der Waals surface area contributed by atoms with Gasteiger partial charge in [-0.2, -0.15) is 0 Å². The van der Waals surface area contributed by atoms with Crippen LogP contribution in [0.2, 0.25) is 0 Å². The molecule has 0 fully saturated rings. The van der Waals surface area contributed by atoms with E-state index in [0.717, 1.165) is 11.3 Å². The Kier molecular flexibility index (Phi) is 9.48. The van der Waals surface area contributed by atoms with Gasteiger partial charge >= 0.3 is 0 Å². The Morgan fingerprint density at radius 2 is 1.52 bits per heavy atom. The van der Waals surface area contributed by atoms with Crippen LogP contribution in [0.25, 0.3) is 0 Å². The van der Waals surface area contributed by atoms with Gasteiger partial charge in [0.15, 0.2) is 11.5 Å². The van der Waals surface area contributed by atoms with Crippen molar-refractivity contribution in [1.29, 1.82) is 0 Å². The number of hydrazine groups is 1. The molecule has 31 heavy (non-hydrogen) atoms. The highest BCUT2D eigenvalue weighted by Gasteiger charge is 2.18. The number of hydrogen-bond acceptors (Lipinski definition) is 6. The maximum Gasteiger partial charge on any atom is 0.269 e. The van der Waals surface area contributed by atoms with Gasteiger partial charge in [-0.1, -0.05) is 12.1 Å². The number of methoxy groups -OCH3 is 1. The van der Waals surface area contributed by atoms with Crippen LogP contribution < -0.4 is 29.8 Å². The van der Waals surface area contributed by atoms with Crippen molar-refractivity contribution < 1.29 is 28.5 Å². The number of hydrogen-bond donors (Lipinski definition) is 2. The molecule has 0 unspecified atom stereocenters. The minimum absolute atomic E-state index is 0.213. The standard InChI is InChI=1S/C23H30N2O6/c1-5-29-19-14-17(15-20(30-6-2)22(19)31-7-3)23(27)25-24-21(26)12-11-16-9-8-10-18(13-16)28-4/h8-10,13-15H,5-7,11-12H2,1-4H3,(H,24,26)(H,25,27). The molecule has 0 heterocycles. The van der Waals surface area contributed by atoms with E-state index < -0.39 is 5.91 Å². The molecule has 2 amide bonds. The summed E-state index contributed by atoms with van der Waals surface area (Å²) in [5, 5.41) is 0.